The zero-order valence-corrected chi connectivity index (χ0v) is 10.4. The van der Waals surface area contributed by atoms with Gasteiger partial charge in [0.05, 0.1) is 17.2 Å². The van der Waals surface area contributed by atoms with Crippen LogP contribution in [0.1, 0.15) is 23.2 Å². The summed E-state index contributed by atoms with van der Waals surface area (Å²) in [6.45, 7) is 3.57. The summed E-state index contributed by atoms with van der Waals surface area (Å²) in [5.74, 6) is 0.410. The number of ether oxygens (including phenoxy) is 1. The van der Waals surface area contributed by atoms with E-state index in [1.165, 1.54) is 13.2 Å². The van der Waals surface area contributed by atoms with Gasteiger partial charge in [-0.1, -0.05) is 29.3 Å². The predicted molar refractivity (Wildman–Crippen MR) is 66.8 cm³/mol. The first-order chi connectivity index (χ1) is 7.60. The van der Waals surface area contributed by atoms with Crippen LogP contribution in [0.4, 0.5) is 0 Å². The average molecular weight is 259 g/mol. The van der Waals surface area contributed by atoms with Crippen molar-refractivity contribution in [3.63, 3.8) is 0 Å². The lowest BCUT2D eigenvalue weighted by Crippen LogP contribution is -2.00. The maximum absolute atomic E-state index is 11.8. The van der Waals surface area contributed by atoms with Crippen molar-refractivity contribution < 1.29 is 9.53 Å². The van der Waals surface area contributed by atoms with Crippen LogP contribution in [0.15, 0.2) is 24.8 Å². The Labute approximate surface area is 105 Å². The monoisotopic (exact) mass is 258 g/mol. The molecule has 1 aromatic rings. The summed E-state index contributed by atoms with van der Waals surface area (Å²) in [4.78, 5) is 11.8. The number of benzene rings is 1. The van der Waals surface area contributed by atoms with Gasteiger partial charge in [-0.3, -0.25) is 4.79 Å². The van der Waals surface area contributed by atoms with Gasteiger partial charge in [-0.2, -0.15) is 0 Å². The minimum Gasteiger partial charge on any atom is -0.495 e. The molecule has 0 N–H and O–H groups in total. The van der Waals surface area contributed by atoms with Crippen LogP contribution in [0.3, 0.4) is 0 Å². The lowest BCUT2D eigenvalue weighted by atomic mass is 10.1. The van der Waals surface area contributed by atoms with Crippen LogP contribution in [-0.2, 0) is 0 Å². The molecule has 0 aliphatic rings. The van der Waals surface area contributed by atoms with Crippen LogP contribution < -0.4 is 4.74 Å². The number of hydrogen-bond donors (Lipinski definition) is 0. The summed E-state index contributed by atoms with van der Waals surface area (Å²) in [7, 11) is 1.49. The highest BCUT2D eigenvalue weighted by molar-refractivity contribution is 6.37. The van der Waals surface area contributed by atoms with E-state index >= 15 is 0 Å². The smallest absolute Gasteiger partial charge is 0.164 e. The number of carbonyl (C=O) groups excluding carboxylic acids is 1. The van der Waals surface area contributed by atoms with Gasteiger partial charge < -0.3 is 4.74 Å². The first kappa shape index (κ1) is 13.1. The van der Waals surface area contributed by atoms with Crippen LogP contribution in [0.5, 0.6) is 5.75 Å². The SMILES string of the molecule is C=CCCC(=O)c1cc(OC)c(Cl)cc1Cl. The van der Waals surface area contributed by atoms with Gasteiger partial charge in [0, 0.05) is 12.0 Å². The molecule has 0 amide bonds. The van der Waals surface area contributed by atoms with E-state index in [1.807, 2.05) is 0 Å². The molecule has 0 unspecified atom stereocenters. The Balaban J connectivity index is 3.03. The number of Topliss-reactive ketones (excluding diaryl/α,β-unsaturated/α-hetero) is 1. The van der Waals surface area contributed by atoms with Crippen LogP contribution in [0.2, 0.25) is 10.0 Å². The van der Waals surface area contributed by atoms with E-state index in [0.29, 0.717) is 34.2 Å². The number of ketones is 1. The molecule has 0 aromatic heterocycles. The minimum atomic E-state index is -0.0418. The maximum atomic E-state index is 11.8. The molecule has 0 spiro atoms. The molecule has 0 bridgehead atoms. The fourth-order valence-electron chi connectivity index (χ4n) is 1.27. The summed E-state index contributed by atoms with van der Waals surface area (Å²) in [6.07, 6.45) is 2.70. The molecule has 0 radical (unpaired) electrons. The number of halogens is 2. The third-order valence-corrected chi connectivity index (χ3v) is 2.73. The summed E-state index contributed by atoms with van der Waals surface area (Å²) in [5, 5.41) is 0.743. The van der Waals surface area contributed by atoms with Gasteiger partial charge in [-0.15, -0.1) is 6.58 Å². The first-order valence-corrected chi connectivity index (χ1v) is 5.53. The molecule has 0 heterocycles. The van der Waals surface area contributed by atoms with Gasteiger partial charge in [0.1, 0.15) is 5.75 Å². The number of hydrogen-bond acceptors (Lipinski definition) is 2. The molecular formula is C12H12Cl2O2. The Bertz CT molecular complexity index is 414. The van der Waals surface area contributed by atoms with Crippen molar-refractivity contribution in [1.82, 2.24) is 0 Å². The second-order valence-corrected chi connectivity index (χ2v) is 4.03. The van der Waals surface area contributed by atoms with Gasteiger partial charge in [0.25, 0.3) is 0 Å². The van der Waals surface area contributed by atoms with Crippen molar-refractivity contribution in [3.05, 3.63) is 40.4 Å². The average Bonchev–Trinajstić information content (AvgIpc) is 2.26. The second kappa shape index (κ2) is 5.92. The Morgan fingerprint density at radius 2 is 2.12 bits per heavy atom. The molecule has 16 heavy (non-hydrogen) atoms. The molecule has 1 aromatic carbocycles. The van der Waals surface area contributed by atoms with Crippen molar-refractivity contribution in [1.29, 1.82) is 0 Å². The fraction of sp³-hybridized carbons (Fsp3) is 0.250. The van der Waals surface area contributed by atoms with Crippen LogP contribution >= 0.6 is 23.2 Å². The van der Waals surface area contributed by atoms with Crippen molar-refractivity contribution in [3.8, 4) is 5.75 Å². The van der Waals surface area contributed by atoms with E-state index in [-0.39, 0.29) is 5.78 Å². The molecule has 0 aliphatic carbocycles. The summed E-state index contributed by atoms with van der Waals surface area (Å²) in [5.41, 5.74) is 0.435. The quantitative estimate of drug-likeness (QED) is 0.586. The Hall–Kier alpha value is -0.990. The Morgan fingerprint density at radius 1 is 1.44 bits per heavy atom. The van der Waals surface area contributed by atoms with Crippen LogP contribution in [-0.4, -0.2) is 12.9 Å². The van der Waals surface area contributed by atoms with E-state index in [2.05, 4.69) is 6.58 Å². The molecule has 0 aliphatic heterocycles. The largest absolute Gasteiger partial charge is 0.495 e. The summed E-state index contributed by atoms with van der Waals surface area (Å²) < 4.78 is 5.03. The van der Waals surface area contributed by atoms with E-state index in [0.717, 1.165) is 0 Å². The molecular weight excluding hydrogens is 247 g/mol. The molecule has 1 rings (SSSR count). The standard InChI is InChI=1S/C12H12Cl2O2/c1-3-4-5-11(15)8-6-12(16-2)10(14)7-9(8)13/h3,6-7H,1,4-5H2,2H3. The fourth-order valence-corrected chi connectivity index (χ4v) is 1.83. The van der Waals surface area contributed by atoms with Crippen molar-refractivity contribution in [2.75, 3.05) is 7.11 Å². The summed E-state index contributed by atoms with van der Waals surface area (Å²) >= 11 is 11.8. The topological polar surface area (TPSA) is 26.3 Å². The Kier molecular flexibility index (Phi) is 4.84. The highest BCUT2D eigenvalue weighted by atomic mass is 35.5. The van der Waals surface area contributed by atoms with E-state index in [1.54, 1.807) is 12.1 Å². The molecule has 2 nitrogen and oxygen atoms in total. The lowest BCUT2D eigenvalue weighted by molar-refractivity contribution is 0.0983. The zero-order chi connectivity index (χ0) is 12.1. The predicted octanol–water partition coefficient (Wildman–Crippen LogP) is 4.15. The molecule has 4 heteroatoms. The normalized spacial score (nSPS) is 9.94. The molecule has 0 saturated carbocycles. The third kappa shape index (κ3) is 3.00. The van der Waals surface area contributed by atoms with Gasteiger partial charge >= 0.3 is 0 Å². The van der Waals surface area contributed by atoms with E-state index < -0.39 is 0 Å². The highest BCUT2D eigenvalue weighted by Gasteiger charge is 2.13. The Morgan fingerprint density at radius 3 is 2.69 bits per heavy atom. The summed E-state index contributed by atoms with van der Waals surface area (Å²) in [6, 6.07) is 3.08. The molecule has 86 valence electrons. The van der Waals surface area contributed by atoms with Crippen LogP contribution in [0.25, 0.3) is 0 Å². The number of carbonyl (C=O) groups is 1. The van der Waals surface area contributed by atoms with Crippen molar-refractivity contribution in [2.45, 2.75) is 12.8 Å². The van der Waals surface area contributed by atoms with E-state index in [4.69, 9.17) is 27.9 Å². The lowest BCUT2D eigenvalue weighted by Gasteiger charge is -2.07. The molecule has 0 saturated heterocycles. The van der Waals surface area contributed by atoms with Crippen LogP contribution in [0, 0.1) is 0 Å². The number of allylic oxidation sites excluding steroid dienone is 1. The minimum absolute atomic E-state index is 0.0418. The van der Waals surface area contributed by atoms with Crippen molar-refractivity contribution in [2.24, 2.45) is 0 Å². The first-order valence-electron chi connectivity index (χ1n) is 4.77. The van der Waals surface area contributed by atoms with Gasteiger partial charge in [-0.25, -0.2) is 0 Å². The van der Waals surface area contributed by atoms with Gasteiger partial charge in [0.15, 0.2) is 5.78 Å². The zero-order valence-electron chi connectivity index (χ0n) is 8.93. The van der Waals surface area contributed by atoms with Crippen molar-refractivity contribution >= 4 is 29.0 Å². The highest BCUT2D eigenvalue weighted by Crippen LogP contribution is 2.31. The maximum Gasteiger partial charge on any atom is 0.164 e. The number of methoxy groups -OCH3 is 1. The second-order valence-electron chi connectivity index (χ2n) is 3.22. The molecule has 0 fully saturated rings. The molecule has 0 atom stereocenters. The van der Waals surface area contributed by atoms with E-state index in [9.17, 15) is 4.79 Å². The van der Waals surface area contributed by atoms with Gasteiger partial charge in [0.2, 0.25) is 0 Å². The van der Waals surface area contributed by atoms with Gasteiger partial charge in [-0.05, 0) is 18.6 Å². The number of rotatable bonds is 5. The third-order valence-electron chi connectivity index (χ3n) is 2.12.